The van der Waals surface area contributed by atoms with Gasteiger partial charge in [0.05, 0.1) is 11.2 Å². The summed E-state index contributed by atoms with van der Waals surface area (Å²) in [7, 11) is 0. The monoisotopic (exact) mass is 365 g/mol. The van der Waals surface area contributed by atoms with Crippen LogP contribution in [0.5, 0.6) is 0 Å². The van der Waals surface area contributed by atoms with Gasteiger partial charge in [0.1, 0.15) is 0 Å². The minimum absolute atomic E-state index is 0.00767. The molecule has 0 radical (unpaired) electrons. The van der Waals surface area contributed by atoms with Gasteiger partial charge in [0.15, 0.2) is 0 Å². The molecule has 0 spiro atoms. The lowest BCUT2D eigenvalue weighted by atomic mass is 9.53. The van der Waals surface area contributed by atoms with E-state index in [1.807, 2.05) is 0 Å². The third kappa shape index (κ3) is 3.27. The molecule has 2 amide bonds. The van der Waals surface area contributed by atoms with E-state index in [9.17, 15) is 4.79 Å². The van der Waals surface area contributed by atoms with E-state index < -0.39 is 0 Å². The molecule has 0 aromatic heterocycles. The van der Waals surface area contributed by atoms with Crippen molar-refractivity contribution in [1.29, 1.82) is 0 Å². The van der Waals surface area contributed by atoms with Crippen molar-refractivity contribution in [1.82, 2.24) is 10.7 Å². The first-order valence-electron chi connectivity index (χ1n) is 8.58. The second-order valence-electron chi connectivity index (χ2n) is 7.69. The number of hydrogen-bond acceptors (Lipinski definition) is 2. The van der Waals surface area contributed by atoms with E-state index in [-0.39, 0.29) is 11.6 Å². The van der Waals surface area contributed by atoms with E-state index in [1.54, 1.807) is 18.2 Å². The minimum Gasteiger partial charge on any atom is -0.331 e. The summed E-state index contributed by atoms with van der Waals surface area (Å²) in [4.78, 5) is 12.3. The Morgan fingerprint density at radius 1 is 1.12 bits per heavy atom. The summed E-state index contributed by atoms with van der Waals surface area (Å²) in [6.45, 7) is 0. The summed E-state index contributed by atoms with van der Waals surface area (Å²) in [5.41, 5.74) is 3.29. The quantitative estimate of drug-likeness (QED) is 0.596. The van der Waals surface area contributed by atoms with E-state index in [4.69, 9.17) is 23.2 Å². The molecule has 0 heterocycles. The van der Waals surface area contributed by atoms with Crippen molar-refractivity contribution in [2.45, 2.75) is 44.1 Å². The molecule has 0 unspecified atom stereocenters. The lowest BCUT2D eigenvalue weighted by Gasteiger charge is -2.56. The van der Waals surface area contributed by atoms with Crippen molar-refractivity contribution in [3.05, 3.63) is 33.8 Å². The van der Waals surface area contributed by atoms with Crippen LogP contribution in [-0.4, -0.2) is 17.8 Å². The van der Waals surface area contributed by atoms with Crippen LogP contribution in [-0.2, 0) is 0 Å². The van der Waals surface area contributed by atoms with E-state index in [0.29, 0.717) is 10.0 Å². The molecule has 1 aromatic rings. The number of nitrogens with one attached hydrogen (secondary N) is 2. The predicted molar refractivity (Wildman–Crippen MR) is 96.6 cm³/mol. The molecule has 4 fully saturated rings. The van der Waals surface area contributed by atoms with E-state index >= 15 is 0 Å². The standard InChI is InChI=1S/C18H21Cl2N3O/c19-15-2-1-14(16(20)6-15)10-21-23-17(24)22-18-7-11-3-12(8-18)5-13(4-11)9-18/h1-2,6,10-13H,3-5,7-9H2,(H2,22,23,24)/b21-10+. The smallest absolute Gasteiger partial charge is 0.331 e. The van der Waals surface area contributed by atoms with Gasteiger partial charge in [0.25, 0.3) is 0 Å². The van der Waals surface area contributed by atoms with Crippen molar-refractivity contribution in [3.8, 4) is 0 Å². The van der Waals surface area contributed by atoms with Crippen LogP contribution in [0.3, 0.4) is 0 Å². The molecule has 128 valence electrons. The highest BCUT2D eigenvalue weighted by molar-refractivity contribution is 6.36. The number of urea groups is 1. The molecule has 4 aliphatic carbocycles. The van der Waals surface area contributed by atoms with Crippen molar-refractivity contribution in [2.75, 3.05) is 0 Å². The number of amides is 2. The Kier molecular flexibility index (Phi) is 4.21. The number of benzene rings is 1. The molecule has 4 aliphatic rings. The SMILES string of the molecule is O=C(N/N=C/c1ccc(Cl)cc1Cl)NC12CC3CC(CC(C3)C1)C2. The summed E-state index contributed by atoms with van der Waals surface area (Å²) in [5, 5.41) is 8.31. The van der Waals surface area contributed by atoms with Gasteiger partial charge in [-0.15, -0.1) is 0 Å². The normalized spacial score (nSPS) is 33.8. The topological polar surface area (TPSA) is 53.5 Å². The van der Waals surface area contributed by atoms with Crippen molar-refractivity contribution >= 4 is 35.4 Å². The number of nitrogens with zero attached hydrogens (tertiary/aromatic N) is 1. The first-order chi connectivity index (χ1) is 11.5. The highest BCUT2D eigenvalue weighted by Crippen LogP contribution is 2.55. The zero-order chi connectivity index (χ0) is 16.7. The molecule has 4 nitrogen and oxygen atoms in total. The Labute approximate surface area is 152 Å². The van der Waals surface area contributed by atoms with Gasteiger partial charge in [-0.2, -0.15) is 5.10 Å². The van der Waals surface area contributed by atoms with E-state index in [1.165, 1.54) is 25.5 Å². The molecule has 5 rings (SSSR count). The molecule has 6 heteroatoms. The van der Waals surface area contributed by atoms with Crippen LogP contribution >= 0.6 is 23.2 Å². The summed E-state index contributed by atoms with van der Waals surface area (Å²) < 4.78 is 0. The van der Waals surface area contributed by atoms with Gasteiger partial charge >= 0.3 is 6.03 Å². The van der Waals surface area contributed by atoms with Crippen LogP contribution in [0.2, 0.25) is 10.0 Å². The predicted octanol–water partition coefficient (Wildman–Crippen LogP) is 4.60. The maximum Gasteiger partial charge on any atom is 0.335 e. The summed E-state index contributed by atoms with van der Waals surface area (Å²) >= 11 is 12.0. The van der Waals surface area contributed by atoms with Gasteiger partial charge in [-0.3, -0.25) is 0 Å². The van der Waals surface area contributed by atoms with Crippen LogP contribution in [0.25, 0.3) is 0 Å². The first kappa shape index (κ1) is 16.2. The number of hydrazone groups is 1. The summed E-state index contributed by atoms with van der Waals surface area (Å²) in [6, 6.07) is 4.94. The lowest BCUT2D eigenvalue weighted by molar-refractivity contribution is -0.0135. The largest absolute Gasteiger partial charge is 0.335 e. The zero-order valence-corrected chi connectivity index (χ0v) is 14.9. The number of halogens is 2. The fourth-order valence-electron chi connectivity index (χ4n) is 5.30. The van der Waals surface area contributed by atoms with Crippen molar-refractivity contribution in [3.63, 3.8) is 0 Å². The fourth-order valence-corrected chi connectivity index (χ4v) is 5.76. The Morgan fingerprint density at radius 2 is 1.75 bits per heavy atom. The molecule has 1 aromatic carbocycles. The average molecular weight is 366 g/mol. The number of carbonyl (C=O) groups is 1. The van der Waals surface area contributed by atoms with Crippen LogP contribution < -0.4 is 10.7 Å². The lowest BCUT2D eigenvalue weighted by Crippen LogP contribution is -2.61. The fraction of sp³-hybridized carbons (Fsp3) is 0.556. The first-order valence-corrected chi connectivity index (χ1v) is 9.33. The third-order valence-electron chi connectivity index (χ3n) is 5.75. The van der Waals surface area contributed by atoms with Gasteiger partial charge < -0.3 is 5.32 Å². The summed E-state index contributed by atoms with van der Waals surface area (Å²) in [6.07, 6.45) is 8.98. The van der Waals surface area contributed by atoms with Crippen LogP contribution in [0.15, 0.2) is 23.3 Å². The number of hydrogen-bond donors (Lipinski definition) is 2. The maximum absolute atomic E-state index is 12.3. The molecule has 4 bridgehead atoms. The van der Waals surface area contributed by atoms with Gasteiger partial charge in [0.2, 0.25) is 0 Å². The van der Waals surface area contributed by atoms with Gasteiger partial charge in [-0.25, -0.2) is 10.2 Å². The highest BCUT2D eigenvalue weighted by atomic mass is 35.5. The molecule has 0 aliphatic heterocycles. The van der Waals surface area contributed by atoms with Gasteiger partial charge in [-0.1, -0.05) is 29.3 Å². The minimum atomic E-state index is -0.224. The van der Waals surface area contributed by atoms with E-state index in [0.717, 1.165) is 42.6 Å². The molecule has 2 N–H and O–H groups in total. The Balaban J connectivity index is 1.36. The second kappa shape index (κ2) is 6.23. The van der Waals surface area contributed by atoms with Crippen molar-refractivity contribution in [2.24, 2.45) is 22.9 Å². The molecule has 24 heavy (non-hydrogen) atoms. The second-order valence-corrected chi connectivity index (χ2v) is 8.53. The molecular weight excluding hydrogens is 345 g/mol. The number of carbonyl (C=O) groups excluding carboxylic acids is 1. The summed E-state index contributed by atoms with van der Waals surface area (Å²) in [5.74, 6) is 2.40. The highest BCUT2D eigenvalue weighted by Gasteiger charge is 2.51. The Hall–Kier alpha value is -1.26. The van der Waals surface area contributed by atoms with Crippen LogP contribution in [0.4, 0.5) is 4.79 Å². The zero-order valence-electron chi connectivity index (χ0n) is 13.4. The molecule has 4 saturated carbocycles. The third-order valence-corrected chi connectivity index (χ3v) is 6.31. The van der Waals surface area contributed by atoms with Crippen LogP contribution in [0.1, 0.15) is 44.1 Å². The van der Waals surface area contributed by atoms with Crippen molar-refractivity contribution < 1.29 is 4.79 Å². The Morgan fingerprint density at radius 3 is 2.33 bits per heavy atom. The maximum atomic E-state index is 12.3. The Bertz CT molecular complexity index is 654. The molecular formula is C18H21Cl2N3O. The molecule has 0 atom stereocenters. The van der Waals surface area contributed by atoms with Gasteiger partial charge in [0, 0.05) is 16.1 Å². The van der Waals surface area contributed by atoms with E-state index in [2.05, 4.69) is 15.8 Å². The van der Waals surface area contributed by atoms with Crippen LogP contribution in [0, 0.1) is 17.8 Å². The average Bonchev–Trinajstić information content (AvgIpc) is 2.47. The van der Waals surface area contributed by atoms with Gasteiger partial charge in [-0.05, 0) is 68.4 Å². The molecule has 0 saturated heterocycles. The number of rotatable bonds is 3.